The predicted octanol–water partition coefficient (Wildman–Crippen LogP) is 6.36. The number of carbonyl (C=O) groups is 1. The molecule has 1 aliphatic carbocycles. The van der Waals surface area contributed by atoms with Crippen molar-refractivity contribution >= 4 is 34.6 Å². The number of aromatic nitrogens is 2. The Labute approximate surface area is 273 Å². The van der Waals surface area contributed by atoms with Crippen LogP contribution in [-0.4, -0.2) is 66.7 Å². The van der Waals surface area contributed by atoms with Crippen LogP contribution in [0.15, 0.2) is 55.4 Å². The molecule has 4 fully saturated rings. The van der Waals surface area contributed by atoms with Crippen molar-refractivity contribution in [2.45, 2.75) is 57.0 Å². The summed E-state index contributed by atoms with van der Waals surface area (Å²) in [7, 11) is 1.60. The van der Waals surface area contributed by atoms with Crippen LogP contribution in [0.4, 0.5) is 37.5 Å². The monoisotopic (exact) mass is 645 g/mol. The first-order chi connectivity index (χ1) is 22.8. The Morgan fingerprint density at radius 2 is 1.81 bits per heavy atom. The van der Waals surface area contributed by atoms with Gasteiger partial charge >= 0.3 is 0 Å². The number of rotatable bonds is 9. The van der Waals surface area contributed by atoms with E-state index in [2.05, 4.69) is 37.0 Å². The highest BCUT2D eigenvalue weighted by Crippen LogP contribution is 2.54. The SMILES string of the molecule is C=CC(=O)Nc1cc(Nc2cc(N3OCC[C@@H]3c3cc(F)ccc3F)ncn2)c(OC)cc1N1CCC(N2CCC3(CC2)CC3)CC1. The van der Waals surface area contributed by atoms with Crippen molar-refractivity contribution in [3.63, 3.8) is 0 Å². The van der Waals surface area contributed by atoms with Crippen molar-refractivity contribution in [1.29, 1.82) is 0 Å². The highest BCUT2D eigenvalue weighted by Gasteiger charge is 2.45. The van der Waals surface area contributed by atoms with Crippen LogP contribution >= 0.6 is 0 Å². The van der Waals surface area contributed by atoms with E-state index in [0.717, 1.165) is 43.8 Å². The van der Waals surface area contributed by atoms with Gasteiger partial charge in [-0.2, -0.15) is 0 Å². The quantitative estimate of drug-likeness (QED) is 0.258. The van der Waals surface area contributed by atoms with Crippen LogP contribution < -0.4 is 25.3 Å². The Morgan fingerprint density at radius 1 is 1.02 bits per heavy atom. The van der Waals surface area contributed by atoms with Crippen molar-refractivity contribution in [1.82, 2.24) is 14.9 Å². The number of amides is 1. The summed E-state index contributed by atoms with van der Waals surface area (Å²) in [5.41, 5.74) is 2.95. The third-order valence-corrected chi connectivity index (χ3v) is 10.3. The number of anilines is 5. The van der Waals surface area contributed by atoms with Gasteiger partial charge in [0.05, 0.1) is 36.8 Å². The van der Waals surface area contributed by atoms with Gasteiger partial charge in [-0.15, -0.1) is 0 Å². The first kappa shape index (κ1) is 31.3. The molecule has 12 heteroatoms. The fraction of sp³-hybridized carbons (Fsp3) is 0.457. The molecule has 1 amide bonds. The number of likely N-dealkylation sites (tertiary alicyclic amines) is 1. The van der Waals surface area contributed by atoms with Crippen LogP contribution in [0.1, 0.15) is 56.6 Å². The fourth-order valence-electron chi connectivity index (χ4n) is 7.31. The molecule has 7 rings (SSSR count). The van der Waals surface area contributed by atoms with Crippen LogP contribution in [0.3, 0.4) is 0 Å². The summed E-state index contributed by atoms with van der Waals surface area (Å²) in [6.07, 6.45) is 10.7. The standard InChI is InChI=1S/C35H41F2N7O3/c1-3-34(45)41-27-19-28(31(46-2)20-30(27)43-13-6-24(7-14-43)42-15-11-35(9-10-35)12-16-42)40-32-21-33(39-22-38-32)44-29(8-17-47-44)25-18-23(36)4-5-26(25)37/h3-5,18-22,24,29H,1,6-17H2,2H3,(H,41,45)(H,38,39,40)/t29-/m1/s1. The zero-order chi connectivity index (χ0) is 32.5. The molecule has 47 heavy (non-hydrogen) atoms. The lowest BCUT2D eigenvalue weighted by Crippen LogP contribution is -2.48. The maximum absolute atomic E-state index is 14.7. The van der Waals surface area contributed by atoms with Crippen LogP contribution in [0.5, 0.6) is 5.75 Å². The summed E-state index contributed by atoms with van der Waals surface area (Å²) in [4.78, 5) is 32.1. The van der Waals surface area contributed by atoms with E-state index >= 15 is 0 Å². The minimum Gasteiger partial charge on any atom is -0.494 e. The first-order valence-corrected chi connectivity index (χ1v) is 16.5. The van der Waals surface area contributed by atoms with Crippen molar-refractivity contribution < 1.29 is 23.1 Å². The number of halogens is 2. The van der Waals surface area contributed by atoms with Gasteiger partial charge in [-0.05, 0) is 87.4 Å². The van der Waals surface area contributed by atoms with E-state index in [9.17, 15) is 13.6 Å². The summed E-state index contributed by atoms with van der Waals surface area (Å²) < 4.78 is 34.5. The molecule has 1 saturated carbocycles. The molecule has 0 bridgehead atoms. The van der Waals surface area contributed by atoms with E-state index in [1.165, 1.54) is 62.3 Å². The van der Waals surface area contributed by atoms with Gasteiger partial charge in [-0.25, -0.2) is 23.8 Å². The van der Waals surface area contributed by atoms with Crippen molar-refractivity contribution in [2.75, 3.05) is 60.5 Å². The van der Waals surface area contributed by atoms with Crippen LogP contribution in [0, 0.1) is 17.0 Å². The van der Waals surface area contributed by atoms with Crippen molar-refractivity contribution in [2.24, 2.45) is 5.41 Å². The van der Waals surface area contributed by atoms with Crippen LogP contribution in [0.25, 0.3) is 0 Å². The Bertz CT molecular complexity index is 1630. The lowest BCUT2D eigenvalue weighted by Gasteiger charge is -2.43. The third kappa shape index (κ3) is 6.62. The molecule has 10 nitrogen and oxygen atoms in total. The van der Waals surface area contributed by atoms with Crippen LogP contribution in [0.2, 0.25) is 0 Å². The largest absolute Gasteiger partial charge is 0.494 e. The number of nitrogens with zero attached hydrogens (tertiary/aromatic N) is 5. The summed E-state index contributed by atoms with van der Waals surface area (Å²) >= 11 is 0. The Morgan fingerprint density at radius 3 is 2.53 bits per heavy atom. The number of nitrogens with one attached hydrogen (secondary N) is 2. The number of carbonyl (C=O) groups excluding carboxylic acids is 1. The Kier molecular flexibility index (Phi) is 8.71. The second kappa shape index (κ2) is 13.1. The molecule has 0 radical (unpaired) electrons. The fourth-order valence-corrected chi connectivity index (χ4v) is 7.31. The number of hydrogen-bond acceptors (Lipinski definition) is 9. The molecular weight excluding hydrogens is 604 g/mol. The van der Waals surface area contributed by atoms with Gasteiger partial charge in [-0.3, -0.25) is 9.63 Å². The van der Waals surface area contributed by atoms with Gasteiger partial charge in [0, 0.05) is 43.2 Å². The third-order valence-electron chi connectivity index (χ3n) is 10.3. The number of hydrogen-bond donors (Lipinski definition) is 2. The summed E-state index contributed by atoms with van der Waals surface area (Å²) in [5, 5.41) is 7.76. The Balaban J connectivity index is 1.10. The minimum absolute atomic E-state index is 0.196. The van der Waals surface area contributed by atoms with E-state index in [0.29, 0.717) is 53.2 Å². The number of piperidine rings is 2. The van der Waals surface area contributed by atoms with E-state index in [-0.39, 0.29) is 11.5 Å². The lowest BCUT2D eigenvalue weighted by molar-refractivity contribution is -0.111. The number of benzene rings is 2. The average molecular weight is 646 g/mol. The molecule has 2 N–H and O–H groups in total. The second-order valence-electron chi connectivity index (χ2n) is 13.0. The molecule has 0 unspecified atom stereocenters. The summed E-state index contributed by atoms with van der Waals surface area (Å²) in [5.74, 6) is 0.0264. The number of hydroxylamine groups is 1. The first-order valence-electron chi connectivity index (χ1n) is 16.5. The maximum atomic E-state index is 14.7. The molecule has 1 spiro atoms. The van der Waals surface area contributed by atoms with Crippen LogP contribution in [-0.2, 0) is 9.63 Å². The van der Waals surface area contributed by atoms with Gasteiger partial charge in [0.1, 0.15) is 29.5 Å². The minimum atomic E-state index is -0.558. The topological polar surface area (TPSA) is 95.1 Å². The van der Waals surface area contributed by atoms with E-state index in [4.69, 9.17) is 9.57 Å². The molecule has 3 aromatic rings. The molecule has 3 aliphatic heterocycles. The molecule has 1 atom stereocenters. The highest BCUT2D eigenvalue weighted by molar-refractivity contribution is 6.02. The lowest BCUT2D eigenvalue weighted by atomic mass is 9.91. The number of methoxy groups -OCH3 is 1. The molecule has 1 aromatic heterocycles. The van der Waals surface area contributed by atoms with E-state index < -0.39 is 17.7 Å². The van der Waals surface area contributed by atoms with Crippen molar-refractivity contribution in [3.8, 4) is 5.75 Å². The summed E-state index contributed by atoms with van der Waals surface area (Å²) in [6, 6.07) is 8.86. The van der Waals surface area contributed by atoms with E-state index in [1.54, 1.807) is 13.2 Å². The number of ether oxygens (including phenoxy) is 1. The zero-order valence-electron chi connectivity index (χ0n) is 26.7. The smallest absolute Gasteiger partial charge is 0.247 e. The zero-order valence-corrected chi connectivity index (χ0v) is 26.7. The van der Waals surface area contributed by atoms with Gasteiger partial charge in [0.15, 0.2) is 5.82 Å². The maximum Gasteiger partial charge on any atom is 0.247 e. The van der Waals surface area contributed by atoms with E-state index in [1.807, 2.05) is 12.1 Å². The predicted molar refractivity (Wildman–Crippen MR) is 177 cm³/mol. The van der Waals surface area contributed by atoms with Gasteiger partial charge in [0.2, 0.25) is 5.91 Å². The second-order valence-corrected chi connectivity index (χ2v) is 13.0. The van der Waals surface area contributed by atoms with Gasteiger partial charge < -0.3 is 25.2 Å². The average Bonchev–Trinajstić information content (AvgIpc) is 3.66. The molecule has 2 aromatic carbocycles. The molecular formula is C35H41F2N7O3. The van der Waals surface area contributed by atoms with Gasteiger partial charge in [-0.1, -0.05) is 6.58 Å². The molecule has 4 heterocycles. The molecule has 4 aliphatic rings. The molecule has 248 valence electrons. The van der Waals surface area contributed by atoms with Gasteiger partial charge in [0.25, 0.3) is 0 Å². The molecule has 3 saturated heterocycles. The normalized spacial score (nSPS) is 21.1. The highest BCUT2D eigenvalue weighted by atomic mass is 19.1. The Hall–Kier alpha value is -4.29. The van der Waals surface area contributed by atoms with Crippen molar-refractivity contribution in [3.05, 3.63) is 72.6 Å². The summed E-state index contributed by atoms with van der Waals surface area (Å²) in [6.45, 7) is 8.11.